The quantitative estimate of drug-likeness (QED) is 0.334. The first kappa shape index (κ1) is 25.7. The van der Waals surface area contributed by atoms with Crippen LogP contribution in [0.1, 0.15) is 30.1 Å². The second-order valence-electron chi connectivity index (χ2n) is 8.57. The number of nitrogens with zero attached hydrogens (tertiary/aromatic N) is 4. The highest BCUT2D eigenvalue weighted by atomic mass is 32.2. The lowest BCUT2D eigenvalue weighted by Crippen LogP contribution is -2.50. The Hall–Kier alpha value is -3.43. The van der Waals surface area contributed by atoms with Gasteiger partial charge in [-0.05, 0) is 61.1 Å². The van der Waals surface area contributed by atoms with Gasteiger partial charge in [0.05, 0.1) is 5.69 Å². The van der Waals surface area contributed by atoms with Crippen molar-refractivity contribution >= 4 is 35.2 Å². The molecule has 0 saturated carbocycles. The summed E-state index contributed by atoms with van der Waals surface area (Å²) in [5.74, 6) is 1.49. The van der Waals surface area contributed by atoms with Crippen LogP contribution < -0.4 is 5.32 Å². The molecule has 0 radical (unpaired) electrons. The van der Waals surface area contributed by atoms with Crippen molar-refractivity contribution in [3.05, 3.63) is 66.4 Å². The zero-order valence-electron chi connectivity index (χ0n) is 20.4. The van der Waals surface area contributed by atoms with Gasteiger partial charge in [0.2, 0.25) is 11.9 Å². The highest BCUT2D eigenvalue weighted by Crippen LogP contribution is 2.25. The number of nitrogens with one attached hydrogen (secondary N) is 1. The molecule has 2 heterocycles. The van der Waals surface area contributed by atoms with Crippen LogP contribution >= 0.6 is 11.8 Å². The number of amides is 2. The molecule has 0 atom stereocenters. The Morgan fingerprint density at radius 3 is 2.31 bits per heavy atom. The number of carbonyl (C=O) groups is 2. The lowest BCUT2D eigenvalue weighted by molar-refractivity contribution is -0.130. The van der Waals surface area contributed by atoms with Gasteiger partial charge >= 0.3 is 0 Å². The molecule has 188 valence electrons. The van der Waals surface area contributed by atoms with E-state index in [9.17, 15) is 9.59 Å². The summed E-state index contributed by atoms with van der Waals surface area (Å²) >= 11 is 1.78. The molecule has 1 fully saturated rings. The number of carbonyl (C=O) groups excluding carboxylic acids is 2. The number of rotatable bonds is 9. The van der Waals surface area contributed by atoms with Gasteiger partial charge in [-0.2, -0.15) is 0 Å². The highest BCUT2D eigenvalue weighted by molar-refractivity contribution is 7.99. The average molecular weight is 506 g/mol. The number of unbranched alkanes of at least 4 members (excludes halogenated alkanes) is 1. The van der Waals surface area contributed by atoms with Gasteiger partial charge in [0.25, 0.3) is 5.91 Å². The maximum atomic E-state index is 12.8. The monoisotopic (exact) mass is 505 g/mol. The summed E-state index contributed by atoms with van der Waals surface area (Å²) < 4.78 is 0. The third kappa shape index (κ3) is 6.83. The smallest absolute Gasteiger partial charge is 0.253 e. The molecule has 1 aliphatic heterocycles. The van der Waals surface area contributed by atoms with Crippen molar-refractivity contribution in [1.82, 2.24) is 19.8 Å². The number of aromatic nitrogens is 2. The van der Waals surface area contributed by atoms with Crippen molar-refractivity contribution in [3.8, 4) is 11.3 Å². The molecule has 36 heavy (non-hydrogen) atoms. The second kappa shape index (κ2) is 12.5. The van der Waals surface area contributed by atoms with Crippen LogP contribution in [-0.2, 0) is 4.79 Å². The Kier molecular flexibility index (Phi) is 8.91. The lowest BCUT2D eigenvalue weighted by Gasteiger charge is -2.34. The van der Waals surface area contributed by atoms with Crippen molar-refractivity contribution in [2.75, 3.05) is 43.9 Å². The van der Waals surface area contributed by atoms with E-state index in [0.29, 0.717) is 37.7 Å². The fourth-order valence-electron chi connectivity index (χ4n) is 3.94. The Bertz CT molecular complexity index is 1160. The third-order valence-electron chi connectivity index (χ3n) is 6.03. The molecule has 8 nitrogen and oxygen atoms in total. The molecular weight excluding hydrogens is 474 g/mol. The van der Waals surface area contributed by atoms with Gasteiger partial charge < -0.3 is 20.2 Å². The maximum absolute atomic E-state index is 12.8. The van der Waals surface area contributed by atoms with Crippen LogP contribution in [0.3, 0.4) is 0 Å². The van der Waals surface area contributed by atoms with Gasteiger partial charge in [0.15, 0.2) is 0 Å². The topological polar surface area (TPSA) is 98.7 Å². The van der Waals surface area contributed by atoms with Gasteiger partial charge in [-0.25, -0.2) is 9.97 Å². The van der Waals surface area contributed by atoms with Gasteiger partial charge in [-0.3, -0.25) is 9.59 Å². The number of hydrogen-bond acceptors (Lipinski definition) is 7. The fourth-order valence-corrected chi connectivity index (χ4v) is 4.85. The van der Waals surface area contributed by atoms with E-state index < -0.39 is 0 Å². The van der Waals surface area contributed by atoms with Crippen molar-refractivity contribution < 1.29 is 14.7 Å². The molecule has 1 aromatic heterocycles. The standard InChI is InChI=1S/C27H31N5O3S/c1-20(34)31-14-16-32(17-15-31)26(35)22-4-8-23(9-5-22)29-27-28-13-12-25(30-27)21-6-10-24(11-7-21)36-19-3-2-18-33/h4-13,33H,2-3,14-19H2,1H3,(H,28,29,30). The molecule has 1 aliphatic rings. The molecular formula is C27H31N5O3S. The predicted molar refractivity (Wildman–Crippen MR) is 142 cm³/mol. The summed E-state index contributed by atoms with van der Waals surface area (Å²) in [5.41, 5.74) is 3.23. The van der Waals surface area contributed by atoms with Crippen LogP contribution in [0.2, 0.25) is 0 Å². The Morgan fingerprint density at radius 1 is 0.944 bits per heavy atom. The Morgan fingerprint density at radius 2 is 1.64 bits per heavy atom. The van der Waals surface area contributed by atoms with E-state index >= 15 is 0 Å². The zero-order valence-corrected chi connectivity index (χ0v) is 21.2. The van der Waals surface area contributed by atoms with Crippen molar-refractivity contribution in [3.63, 3.8) is 0 Å². The molecule has 9 heteroatoms. The van der Waals surface area contributed by atoms with Crippen LogP contribution in [0.5, 0.6) is 0 Å². The van der Waals surface area contributed by atoms with Crippen LogP contribution in [0.25, 0.3) is 11.3 Å². The first-order valence-corrected chi connectivity index (χ1v) is 13.1. The van der Waals surface area contributed by atoms with E-state index in [1.165, 1.54) is 4.90 Å². The summed E-state index contributed by atoms with van der Waals surface area (Å²) in [5, 5.41) is 12.1. The minimum atomic E-state index is -0.0296. The predicted octanol–water partition coefficient (Wildman–Crippen LogP) is 4.06. The summed E-state index contributed by atoms with van der Waals surface area (Å²) in [6.07, 6.45) is 3.55. The molecule has 2 amide bonds. The lowest BCUT2D eigenvalue weighted by atomic mass is 10.1. The number of hydrogen-bond donors (Lipinski definition) is 2. The van der Waals surface area contributed by atoms with Crippen LogP contribution in [0, 0.1) is 0 Å². The molecule has 1 saturated heterocycles. The van der Waals surface area contributed by atoms with E-state index in [1.807, 2.05) is 18.2 Å². The van der Waals surface area contributed by atoms with E-state index in [0.717, 1.165) is 35.5 Å². The van der Waals surface area contributed by atoms with Gasteiger partial charge in [0.1, 0.15) is 0 Å². The van der Waals surface area contributed by atoms with Crippen molar-refractivity contribution in [1.29, 1.82) is 0 Å². The van der Waals surface area contributed by atoms with E-state index in [1.54, 1.807) is 46.8 Å². The zero-order chi connectivity index (χ0) is 25.3. The molecule has 0 unspecified atom stereocenters. The minimum absolute atomic E-state index is 0.0296. The summed E-state index contributed by atoms with van der Waals surface area (Å²) in [7, 11) is 0. The fraction of sp³-hybridized carbons (Fsp3) is 0.333. The molecule has 4 rings (SSSR count). The second-order valence-corrected chi connectivity index (χ2v) is 9.74. The van der Waals surface area contributed by atoms with Crippen LogP contribution in [0.15, 0.2) is 65.7 Å². The molecule has 3 aromatic rings. The Balaban J connectivity index is 1.34. The first-order valence-electron chi connectivity index (χ1n) is 12.1. The number of piperazine rings is 1. The molecule has 2 aromatic carbocycles. The van der Waals surface area contributed by atoms with Crippen molar-refractivity contribution in [2.24, 2.45) is 0 Å². The SMILES string of the molecule is CC(=O)N1CCN(C(=O)c2ccc(Nc3nccc(-c4ccc(SCCCCO)cc4)n3)cc2)CC1. The summed E-state index contributed by atoms with van der Waals surface area (Å²) in [6, 6.07) is 17.4. The maximum Gasteiger partial charge on any atom is 0.253 e. The molecule has 0 bridgehead atoms. The van der Waals surface area contributed by atoms with Crippen molar-refractivity contribution in [2.45, 2.75) is 24.7 Å². The van der Waals surface area contributed by atoms with Crippen LogP contribution in [0.4, 0.5) is 11.6 Å². The number of benzene rings is 2. The molecule has 0 aliphatic carbocycles. The summed E-state index contributed by atoms with van der Waals surface area (Å²) in [4.78, 5) is 38.0. The average Bonchev–Trinajstić information content (AvgIpc) is 2.92. The Labute approximate surface area is 215 Å². The largest absolute Gasteiger partial charge is 0.396 e. The number of aliphatic hydroxyl groups excluding tert-OH is 1. The minimum Gasteiger partial charge on any atom is -0.396 e. The highest BCUT2D eigenvalue weighted by Gasteiger charge is 2.23. The number of anilines is 2. The van der Waals surface area contributed by atoms with Gasteiger partial charge in [0, 0.05) is 67.6 Å². The van der Waals surface area contributed by atoms with E-state index in [-0.39, 0.29) is 18.4 Å². The van der Waals surface area contributed by atoms with E-state index in [2.05, 4.69) is 39.6 Å². The van der Waals surface area contributed by atoms with Gasteiger partial charge in [-0.15, -0.1) is 11.8 Å². The molecule has 2 N–H and O–H groups in total. The van der Waals surface area contributed by atoms with Gasteiger partial charge in [-0.1, -0.05) is 12.1 Å². The third-order valence-corrected chi connectivity index (χ3v) is 7.13. The summed E-state index contributed by atoms with van der Waals surface area (Å²) in [6.45, 7) is 4.03. The number of thioether (sulfide) groups is 1. The van der Waals surface area contributed by atoms with E-state index in [4.69, 9.17) is 5.11 Å². The van der Waals surface area contributed by atoms with Crippen LogP contribution in [-0.4, -0.2) is 75.2 Å². The first-order chi connectivity index (χ1) is 17.5. The number of aliphatic hydroxyl groups is 1. The normalized spacial score (nSPS) is 13.5. The molecule has 0 spiro atoms.